The molecule has 2 aliphatic heterocycles. The Balaban J connectivity index is 1.20. The van der Waals surface area contributed by atoms with E-state index in [0.29, 0.717) is 12.0 Å². The van der Waals surface area contributed by atoms with E-state index in [2.05, 4.69) is 27.7 Å². The van der Waals surface area contributed by atoms with Crippen LogP contribution in [0.1, 0.15) is 70.2 Å². The molecule has 2 atom stereocenters. The zero-order valence-electron chi connectivity index (χ0n) is 18.1. The molecule has 5 rings (SSSR count). The van der Waals surface area contributed by atoms with E-state index in [1.165, 1.54) is 6.42 Å². The molecule has 2 heterocycles. The number of benzene rings is 1. The molecular formula is C23H32BNO4. The van der Waals surface area contributed by atoms with Crippen molar-refractivity contribution in [3.05, 3.63) is 29.8 Å². The van der Waals surface area contributed by atoms with E-state index in [9.17, 15) is 4.79 Å². The fourth-order valence-corrected chi connectivity index (χ4v) is 4.86. The van der Waals surface area contributed by atoms with Crippen LogP contribution in [0.25, 0.3) is 0 Å². The summed E-state index contributed by atoms with van der Waals surface area (Å²) in [7, 11) is -0.155. The van der Waals surface area contributed by atoms with Gasteiger partial charge in [0.1, 0.15) is 5.75 Å². The molecule has 2 saturated carbocycles. The molecule has 0 spiro atoms. The average molecular weight is 397 g/mol. The topological polar surface area (TPSA) is 48.0 Å². The highest BCUT2D eigenvalue weighted by Crippen LogP contribution is 2.69. The van der Waals surface area contributed by atoms with Crippen molar-refractivity contribution in [1.82, 2.24) is 4.90 Å². The molecule has 2 aliphatic carbocycles. The molecule has 0 aromatic heterocycles. The largest absolute Gasteiger partial charge is 0.490 e. The number of hydrogen-bond acceptors (Lipinski definition) is 4. The van der Waals surface area contributed by atoms with Gasteiger partial charge in [0.2, 0.25) is 0 Å². The summed E-state index contributed by atoms with van der Waals surface area (Å²) in [5.41, 5.74) is 0.153. The number of nitrogens with zero attached hydrogens (tertiary/aromatic N) is 1. The van der Waals surface area contributed by atoms with Crippen LogP contribution in [0.5, 0.6) is 5.75 Å². The van der Waals surface area contributed by atoms with E-state index >= 15 is 0 Å². The SMILES string of the molecule is CC1(C)OB(C23CCN(C(=O)c4ccc(OC5CCC5)cc4)CC2C3)OC1(C)C. The summed E-state index contributed by atoms with van der Waals surface area (Å²) >= 11 is 0. The quantitative estimate of drug-likeness (QED) is 0.711. The van der Waals surface area contributed by atoms with Gasteiger partial charge in [0.15, 0.2) is 0 Å². The van der Waals surface area contributed by atoms with Crippen LogP contribution < -0.4 is 4.74 Å². The second kappa shape index (κ2) is 6.48. The lowest BCUT2D eigenvalue weighted by Crippen LogP contribution is -2.42. The molecule has 6 heteroatoms. The molecule has 0 N–H and O–H groups in total. The lowest BCUT2D eigenvalue weighted by Gasteiger charge is -2.32. The normalized spacial score (nSPS) is 32.5. The van der Waals surface area contributed by atoms with E-state index in [1.54, 1.807) is 0 Å². The highest BCUT2D eigenvalue weighted by molar-refractivity contribution is 6.51. The first-order valence-electron chi connectivity index (χ1n) is 11.1. The van der Waals surface area contributed by atoms with E-state index < -0.39 is 0 Å². The molecule has 29 heavy (non-hydrogen) atoms. The van der Waals surface area contributed by atoms with Gasteiger partial charge in [0, 0.05) is 24.0 Å². The summed E-state index contributed by atoms with van der Waals surface area (Å²) in [6.45, 7) is 10.00. The molecule has 1 amide bonds. The van der Waals surface area contributed by atoms with E-state index in [0.717, 1.165) is 50.1 Å². The van der Waals surface area contributed by atoms with Gasteiger partial charge in [-0.15, -0.1) is 0 Å². The standard InChI is InChI=1S/C23H32BNO4/c1-21(2)22(3,4)29-24(28-21)23-12-13-25(15-17(23)14-23)20(26)16-8-10-19(11-9-16)27-18-6-5-7-18/h8-11,17-18H,5-7,12-15H2,1-4H3. The number of amides is 1. The number of likely N-dealkylation sites (tertiary alicyclic amines) is 1. The molecule has 4 aliphatic rings. The van der Waals surface area contributed by atoms with E-state index in [-0.39, 0.29) is 29.5 Å². The lowest BCUT2D eigenvalue weighted by molar-refractivity contribution is 0.00578. The third-order valence-corrected chi connectivity index (χ3v) is 8.03. The fourth-order valence-electron chi connectivity index (χ4n) is 4.86. The van der Waals surface area contributed by atoms with Gasteiger partial charge in [0.05, 0.1) is 17.3 Å². The van der Waals surface area contributed by atoms with Gasteiger partial charge in [-0.25, -0.2) is 0 Å². The first-order chi connectivity index (χ1) is 13.7. The maximum Gasteiger partial charge on any atom is 0.464 e. The Labute approximate surface area is 174 Å². The van der Waals surface area contributed by atoms with Crippen LogP contribution in [-0.4, -0.2) is 48.3 Å². The number of fused-ring (bicyclic) bond motifs is 1. The third kappa shape index (κ3) is 3.19. The molecule has 2 unspecified atom stereocenters. The maximum absolute atomic E-state index is 13.0. The zero-order valence-corrected chi connectivity index (χ0v) is 18.1. The number of piperidine rings is 1. The molecule has 5 nitrogen and oxygen atoms in total. The van der Waals surface area contributed by atoms with Crippen molar-refractivity contribution in [2.75, 3.05) is 13.1 Å². The van der Waals surface area contributed by atoms with Gasteiger partial charge in [-0.05, 0) is 90.0 Å². The van der Waals surface area contributed by atoms with Crippen LogP contribution in [0.2, 0.25) is 5.31 Å². The zero-order chi connectivity index (χ0) is 20.4. The second-order valence-electron chi connectivity index (χ2n) is 10.4. The smallest absolute Gasteiger partial charge is 0.464 e. The number of rotatable bonds is 4. The van der Waals surface area contributed by atoms with Crippen molar-refractivity contribution in [3.8, 4) is 5.75 Å². The summed E-state index contributed by atoms with van der Waals surface area (Å²) in [6.07, 6.45) is 5.92. The molecule has 1 aromatic carbocycles. The van der Waals surface area contributed by atoms with Crippen LogP contribution >= 0.6 is 0 Å². The molecule has 4 fully saturated rings. The van der Waals surface area contributed by atoms with Crippen molar-refractivity contribution in [1.29, 1.82) is 0 Å². The minimum atomic E-state index is -0.296. The van der Waals surface area contributed by atoms with Crippen molar-refractivity contribution >= 4 is 13.0 Å². The second-order valence-corrected chi connectivity index (χ2v) is 10.4. The minimum absolute atomic E-state index is 0.0856. The summed E-state index contributed by atoms with van der Waals surface area (Å²) in [5, 5.41) is 0.0856. The van der Waals surface area contributed by atoms with Crippen LogP contribution in [-0.2, 0) is 9.31 Å². The molecule has 0 radical (unpaired) electrons. The Kier molecular flexibility index (Phi) is 4.35. The van der Waals surface area contributed by atoms with Gasteiger partial charge >= 0.3 is 7.12 Å². The van der Waals surface area contributed by atoms with Crippen molar-refractivity contribution in [2.24, 2.45) is 5.92 Å². The maximum atomic E-state index is 13.0. The van der Waals surface area contributed by atoms with E-state index in [4.69, 9.17) is 14.0 Å². The minimum Gasteiger partial charge on any atom is -0.490 e. The Bertz CT molecular complexity index is 788. The van der Waals surface area contributed by atoms with Gasteiger partial charge in [-0.1, -0.05) is 0 Å². The Morgan fingerprint density at radius 2 is 1.76 bits per heavy atom. The van der Waals surface area contributed by atoms with E-state index in [1.807, 2.05) is 29.2 Å². The Hall–Kier alpha value is -1.53. The monoisotopic (exact) mass is 397 g/mol. The number of carbonyl (C=O) groups is 1. The van der Waals surface area contributed by atoms with Crippen molar-refractivity contribution < 1.29 is 18.8 Å². The fraction of sp³-hybridized carbons (Fsp3) is 0.696. The summed E-state index contributed by atoms with van der Waals surface area (Å²) in [5.74, 6) is 1.46. The number of hydrogen-bond donors (Lipinski definition) is 0. The number of ether oxygens (including phenoxy) is 1. The van der Waals surface area contributed by atoms with Gasteiger partial charge in [-0.2, -0.15) is 0 Å². The predicted molar refractivity (Wildman–Crippen MR) is 112 cm³/mol. The van der Waals surface area contributed by atoms with Gasteiger partial charge < -0.3 is 18.9 Å². The molecule has 0 bridgehead atoms. The summed E-state index contributed by atoms with van der Waals surface area (Å²) in [6, 6.07) is 7.67. The summed E-state index contributed by atoms with van der Waals surface area (Å²) < 4.78 is 18.6. The van der Waals surface area contributed by atoms with Gasteiger partial charge in [0.25, 0.3) is 5.91 Å². The van der Waals surface area contributed by atoms with Crippen molar-refractivity contribution in [3.63, 3.8) is 0 Å². The molecule has 156 valence electrons. The van der Waals surface area contributed by atoms with Crippen LogP contribution in [0, 0.1) is 5.92 Å². The highest BCUT2D eigenvalue weighted by Gasteiger charge is 2.70. The first kappa shape index (κ1) is 19.4. The first-order valence-corrected chi connectivity index (χ1v) is 11.1. The van der Waals surface area contributed by atoms with Gasteiger partial charge in [-0.3, -0.25) is 4.79 Å². The highest BCUT2D eigenvalue weighted by atomic mass is 16.7. The third-order valence-electron chi connectivity index (χ3n) is 8.03. The Morgan fingerprint density at radius 3 is 2.31 bits per heavy atom. The predicted octanol–water partition coefficient (Wildman–Crippen LogP) is 4.32. The van der Waals surface area contributed by atoms with Crippen molar-refractivity contribution in [2.45, 2.75) is 82.4 Å². The van der Waals surface area contributed by atoms with Crippen LogP contribution in [0.15, 0.2) is 24.3 Å². The lowest BCUT2D eigenvalue weighted by atomic mass is 9.63. The molecular weight excluding hydrogens is 365 g/mol. The number of carbonyl (C=O) groups excluding carboxylic acids is 1. The Morgan fingerprint density at radius 1 is 1.10 bits per heavy atom. The van der Waals surface area contributed by atoms with Crippen LogP contribution in [0.4, 0.5) is 0 Å². The van der Waals surface area contributed by atoms with Crippen LogP contribution in [0.3, 0.4) is 0 Å². The average Bonchev–Trinajstić information content (AvgIpc) is 3.33. The molecule has 2 saturated heterocycles. The summed E-state index contributed by atoms with van der Waals surface area (Å²) in [4.78, 5) is 15.0. The molecule has 1 aromatic rings.